The van der Waals surface area contributed by atoms with Crippen LogP contribution in [0.2, 0.25) is 5.02 Å². The Morgan fingerprint density at radius 3 is 0.929 bits per heavy atom. The zero-order valence-electron chi connectivity index (χ0n) is 57.8. The molecule has 12 aromatic rings. The topological polar surface area (TPSA) is 424 Å². The molecule has 0 heterocycles. The van der Waals surface area contributed by atoms with Gasteiger partial charge in [-0.2, -0.15) is 0 Å². The summed E-state index contributed by atoms with van der Waals surface area (Å²) < 4.78 is 145. The van der Waals surface area contributed by atoms with E-state index in [1.54, 1.807) is 128 Å². The second kappa shape index (κ2) is 37.3. The maximum atomic E-state index is 13.8. The molecule has 0 fully saturated rings. The number of thioether (sulfide) groups is 4. The van der Waals surface area contributed by atoms with E-state index in [1.807, 2.05) is 6.92 Å². The summed E-state index contributed by atoms with van der Waals surface area (Å²) in [5.74, 6) is -7.42. The lowest BCUT2D eigenvalue weighted by atomic mass is 10.1. The minimum absolute atomic E-state index is 0.0740. The SMILES string of the molecule is CCOc1cc(S(=O)(=O)Nc2cc(SCC(=O)O)c(O)c3ccccc23)ccc1F.Cc1ccc(S(=O)(=O)Nc2cc(SCC(=O)O)c(O)c3ccccc23)cc1.O=C(O)CSc1cc(NS(=O)(=O)c2ccc(Br)cc2)c2ccccc2c1O.O=C(O)CSc1cc(NS(=O)(=O)c2ccc(F)c(Cl)c2)c2ccccc2c1O. The third kappa shape index (κ3) is 21.8. The largest absolute Gasteiger partial charge is 0.506 e. The molecule has 12 aromatic carbocycles. The van der Waals surface area contributed by atoms with E-state index >= 15 is 0 Å². The maximum absolute atomic E-state index is 13.8. The first-order chi connectivity index (χ1) is 53.0. The van der Waals surface area contributed by atoms with Crippen LogP contribution >= 0.6 is 74.6 Å². The van der Waals surface area contributed by atoms with Gasteiger partial charge in [0.25, 0.3) is 40.1 Å². The smallest absolute Gasteiger partial charge is 0.313 e. The van der Waals surface area contributed by atoms with Crippen LogP contribution in [-0.4, -0.2) is 128 Å². The molecule has 0 saturated heterocycles. The summed E-state index contributed by atoms with van der Waals surface area (Å²) in [7, 11) is -15.9. The van der Waals surface area contributed by atoms with E-state index in [1.165, 1.54) is 48.5 Å². The summed E-state index contributed by atoms with van der Waals surface area (Å²) in [5.41, 5.74) is 1.77. The van der Waals surface area contributed by atoms with Gasteiger partial charge in [0.2, 0.25) is 0 Å². The lowest BCUT2D eigenvalue weighted by Gasteiger charge is -2.15. The lowest BCUT2D eigenvalue weighted by molar-refractivity contribution is -0.134. The van der Waals surface area contributed by atoms with E-state index in [4.69, 9.17) is 36.8 Å². The van der Waals surface area contributed by atoms with Gasteiger partial charge in [0.1, 0.15) is 28.8 Å². The number of halogens is 4. The summed E-state index contributed by atoms with van der Waals surface area (Å²) in [6, 6.07) is 51.1. The van der Waals surface area contributed by atoms with Crippen LogP contribution in [0, 0.1) is 18.6 Å². The quantitative estimate of drug-likeness (QED) is 0.0177. The van der Waals surface area contributed by atoms with Crippen LogP contribution in [0.4, 0.5) is 31.5 Å². The molecule has 0 aliphatic carbocycles. The van der Waals surface area contributed by atoms with E-state index in [-0.39, 0.29) is 125 Å². The molecule has 0 spiro atoms. The van der Waals surface area contributed by atoms with Crippen molar-refractivity contribution < 1.29 is 107 Å². The summed E-state index contributed by atoms with van der Waals surface area (Å²) in [4.78, 5) is 44.2. The van der Waals surface area contributed by atoms with Crippen LogP contribution in [0.5, 0.6) is 28.7 Å². The van der Waals surface area contributed by atoms with Crippen molar-refractivity contribution in [3.8, 4) is 28.7 Å². The average Bonchev–Trinajstić information content (AvgIpc) is 0.786. The second-order valence-electron chi connectivity index (χ2n) is 23.3. The number of aryl methyl sites for hydroxylation is 1. The number of ether oxygens (including phenoxy) is 1. The van der Waals surface area contributed by atoms with Gasteiger partial charge in [0.15, 0.2) is 11.6 Å². The zero-order valence-corrected chi connectivity index (χ0v) is 66.7. The first-order valence-corrected chi connectivity index (χ1v) is 43.2. The van der Waals surface area contributed by atoms with Crippen molar-refractivity contribution in [1.82, 2.24) is 0 Å². The summed E-state index contributed by atoms with van der Waals surface area (Å²) >= 11 is 12.5. The van der Waals surface area contributed by atoms with Crippen molar-refractivity contribution in [3.63, 3.8) is 0 Å². The molecule has 0 aromatic heterocycles. The third-order valence-corrected chi connectivity index (χ3v) is 25.8. The molecule has 0 bridgehead atoms. The Hall–Kier alpha value is -10.4. The molecule has 112 heavy (non-hydrogen) atoms. The molecule has 0 amide bonds. The Labute approximate surface area is 669 Å². The zero-order chi connectivity index (χ0) is 81.6. The number of nitrogens with one attached hydrogen (secondary N) is 4. The number of aliphatic carboxylic acids is 4. The maximum Gasteiger partial charge on any atom is 0.313 e. The summed E-state index contributed by atoms with van der Waals surface area (Å²) in [5, 5.41) is 80.5. The number of aromatic hydroxyl groups is 4. The summed E-state index contributed by atoms with van der Waals surface area (Å²) in [6.07, 6.45) is 0. The molecular formula is C75H62BrClF2N4O21S8. The van der Waals surface area contributed by atoms with Crippen LogP contribution in [0.3, 0.4) is 0 Å². The van der Waals surface area contributed by atoms with E-state index in [0.717, 1.165) is 93.5 Å². The lowest BCUT2D eigenvalue weighted by Crippen LogP contribution is -2.14. The fraction of sp³-hybridized carbons (Fsp3) is 0.0933. The van der Waals surface area contributed by atoms with Crippen molar-refractivity contribution >= 4 is 204 Å². The number of carboxylic acids is 4. The Morgan fingerprint density at radius 2 is 0.643 bits per heavy atom. The molecule has 0 saturated carbocycles. The predicted molar refractivity (Wildman–Crippen MR) is 433 cm³/mol. The molecular weight excluding hydrogens is 1700 g/mol. The molecule has 12 rings (SSSR count). The molecule has 0 aliphatic rings. The highest BCUT2D eigenvalue weighted by molar-refractivity contribution is 9.10. The minimum Gasteiger partial charge on any atom is -0.506 e. The Balaban J connectivity index is 0.000000172. The predicted octanol–water partition coefficient (Wildman–Crippen LogP) is 16.5. The normalized spacial score (nSPS) is 11.4. The number of carbonyl (C=O) groups is 4. The monoisotopic (exact) mass is 1760 g/mol. The first kappa shape index (κ1) is 85.6. The van der Waals surface area contributed by atoms with Crippen molar-refractivity contribution in [2.45, 2.75) is 53.0 Å². The number of carboxylic acid groups (broad SMARTS) is 4. The second-order valence-corrected chi connectivity index (χ2v) is 35.4. The minimum atomic E-state index is -4.13. The highest BCUT2D eigenvalue weighted by Gasteiger charge is 2.26. The molecule has 12 N–H and O–H groups in total. The highest BCUT2D eigenvalue weighted by atomic mass is 79.9. The van der Waals surface area contributed by atoms with Gasteiger partial charge in [-0.1, -0.05) is 142 Å². The third-order valence-electron chi connectivity index (χ3n) is 15.5. The number of benzene rings is 12. The van der Waals surface area contributed by atoms with Crippen LogP contribution in [0.1, 0.15) is 12.5 Å². The van der Waals surface area contributed by atoms with Gasteiger partial charge in [0.05, 0.1) is 96.6 Å². The highest BCUT2D eigenvalue weighted by Crippen LogP contribution is 2.45. The molecule has 37 heteroatoms. The number of phenolic OH excluding ortho intramolecular Hbond substituents is 4. The van der Waals surface area contributed by atoms with Crippen LogP contribution < -0.4 is 23.6 Å². The van der Waals surface area contributed by atoms with Gasteiger partial charge in [-0.3, -0.25) is 38.1 Å². The fourth-order valence-electron chi connectivity index (χ4n) is 10.4. The van der Waals surface area contributed by atoms with E-state index in [9.17, 15) is 82.1 Å². The van der Waals surface area contributed by atoms with Gasteiger partial charge in [-0.25, -0.2) is 42.5 Å². The number of sulfonamides is 4. The van der Waals surface area contributed by atoms with Crippen molar-refractivity contribution in [2.24, 2.45) is 0 Å². The van der Waals surface area contributed by atoms with Crippen molar-refractivity contribution in [1.29, 1.82) is 0 Å². The van der Waals surface area contributed by atoms with Crippen LogP contribution in [-0.2, 0) is 59.3 Å². The number of hydrogen-bond acceptors (Lipinski definition) is 21. The average molecular weight is 1770 g/mol. The van der Waals surface area contributed by atoms with Crippen molar-refractivity contribution in [2.75, 3.05) is 48.5 Å². The van der Waals surface area contributed by atoms with Crippen LogP contribution in [0.25, 0.3) is 43.1 Å². The Morgan fingerprint density at radius 1 is 0.384 bits per heavy atom. The number of fused-ring (bicyclic) bond motifs is 4. The first-order valence-electron chi connectivity index (χ1n) is 32.2. The number of anilines is 4. The van der Waals surface area contributed by atoms with Gasteiger partial charge in [-0.15, -0.1) is 47.0 Å². The fourth-order valence-corrected chi connectivity index (χ4v) is 18.1. The van der Waals surface area contributed by atoms with Crippen LogP contribution in [0.15, 0.2) is 250 Å². The number of hydrogen-bond donors (Lipinski definition) is 12. The Bertz CT molecular complexity index is 5920. The van der Waals surface area contributed by atoms with Crippen molar-refractivity contribution in [3.05, 3.63) is 233 Å². The summed E-state index contributed by atoms with van der Waals surface area (Å²) in [6.45, 7) is 3.68. The molecule has 0 atom stereocenters. The van der Waals surface area contributed by atoms with Gasteiger partial charge in [0, 0.05) is 53.6 Å². The molecule has 25 nitrogen and oxygen atoms in total. The Kier molecular flexibility index (Phi) is 28.5. The molecule has 0 aliphatic heterocycles. The molecule has 584 valence electrons. The standard InChI is InChI=1S/C20H18FNO6S2.C19H17NO5S2.C18H14BrNO5S2.C18H13ClFNO5S2/c1-2-28-17-9-12(7-8-15(17)21)30(26,27)22-16-10-18(29-11-19(23)24)20(25)14-6-4-3-5-13(14)16;1-12-6-8-13(9-7-12)27(24,25)20-16-10-17(26-11-18(21)22)19(23)15-5-3-2-4-14(15)16;19-11-5-7-12(8-6-11)27(24,25)20-15-9-16(26-10-17(21)22)18(23)14-4-2-1-3-13(14)15;19-13-7-10(5-6-14(13)20)28(25,26)21-15-8-16(27-9-17(22)23)18(24)12-4-2-1-3-11(12)15/h3-10,22,25H,2,11H2,1H3,(H,23,24);2-10,20,23H,11H2,1H3,(H,21,22);1-9,20,23H,10H2,(H,21,22);1-8,21,24H,9H2,(H,22,23). The van der Waals surface area contributed by atoms with E-state index in [0.29, 0.717) is 43.1 Å². The van der Waals surface area contributed by atoms with Gasteiger partial charge >= 0.3 is 23.9 Å². The van der Waals surface area contributed by atoms with Gasteiger partial charge < -0.3 is 45.6 Å². The van der Waals surface area contributed by atoms with E-state index < -0.39 is 75.6 Å². The van der Waals surface area contributed by atoms with E-state index in [2.05, 4.69) is 34.8 Å². The number of rotatable bonds is 26. The van der Waals surface area contributed by atoms with Gasteiger partial charge in [-0.05, 0) is 105 Å². The number of phenols is 4. The molecule has 0 unspecified atom stereocenters. The molecule has 0 radical (unpaired) electrons.